The SMILES string of the molecule is CNC(=O)COc1cc2cc(Nc3nc(N4CCC(CN5CC6(CNC6)C5)CC4)ncc3Cl)ccc2n(C)c1=O. The number of aromatic nitrogens is 3. The van der Waals surface area contributed by atoms with Crippen molar-refractivity contribution in [3.05, 3.63) is 45.8 Å². The third kappa shape index (κ3) is 5.33. The standard InChI is InChI=1S/C28H35ClN8O3/c1-30-24(38)13-40-23-10-19-9-20(3-4-22(19)35(2)26(23)39)33-25-21(29)11-32-27(34-25)37-7-5-18(6-8-37)12-36-16-28(17-36)14-31-15-28/h3-4,9-11,18,31H,5-8,12-17H2,1-2H3,(H,30,38)(H,32,33,34). The molecule has 12 heteroatoms. The third-order valence-corrected chi connectivity index (χ3v) is 8.63. The number of likely N-dealkylation sites (N-methyl/N-ethyl adjacent to an activating group) is 1. The molecule has 1 amide bonds. The van der Waals surface area contributed by atoms with Crippen LogP contribution >= 0.6 is 11.6 Å². The Morgan fingerprint density at radius 2 is 2.00 bits per heavy atom. The summed E-state index contributed by atoms with van der Waals surface area (Å²) in [6.45, 7) is 7.65. The van der Waals surface area contributed by atoms with Gasteiger partial charge in [-0.2, -0.15) is 4.98 Å². The summed E-state index contributed by atoms with van der Waals surface area (Å²) < 4.78 is 6.98. The van der Waals surface area contributed by atoms with Crippen molar-refractivity contribution in [1.82, 2.24) is 30.1 Å². The van der Waals surface area contributed by atoms with E-state index >= 15 is 0 Å². The quantitative estimate of drug-likeness (QED) is 0.376. The van der Waals surface area contributed by atoms with E-state index in [9.17, 15) is 9.59 Å². The number of carbonyl (C=O) groups is 1. The number of likely N-dealkylation sites (tertiary alicyclic amines) is 1. The fourth-order valence-corrected chi connectivity index (χ4v) is 6.14. The minimum Gasteiger partial charge on any atom is -0.478 e. The van der Waals surface area contributed by atoms with Gasteiger partial charge in [-0.1, -0.05) is 11.6 Å². The number of hydrogen-bond acceptors (Lipinski definition) is 9. The zero-order valence-electron chi connectivity index (χ0n) is 22.9. The molecule has 3 aliphatic heterocycles. The molecule has 5 heterocycles. The van der Waals surface area contributed by atoms with Crippen LogP contribution in [0, 0.1) is 11.3 Å². The molecular weight excluding hydrogens is 532 g/mol. The second-order valence-electron chi connectivity index (χ2n) is 11.3. The number of hydrogen-bond donors (Lipinski definition) is 3. The summed E-state index contributed by atoms with van der Waals surface area (Å²) in [5.41, 5.74) is 1.75. The molecule has 3 saturated heterocycles. The molecule has 11 nitrogen and oxygen atoms in total. The number of nitrogens with one attached hydrogen (secondary N) is 3. The Bertz CT molecular complexity index is 1470. The summed E-state index contributed by atoms with van der Waals surface area (Å²) in [4.78, 5) is 38.4. The van der Waals surface area contributed by atoms with Gasteiger partial charge in [0.1, 0.15) is 5.02 Å². The summed E-state index contributed by atoms with van der Waals surface area (Å²) in [5, 5.41) is 10.4. The Labute approximate surface area is 237 Å². The lowest BCUT2D eigenvalue weighted by Gasteiger charge is -2.57. The van der Waals surface area contributed by atoms with Crippen molar-refractivity contribution in [3.63, 3.8) is 0 Å². The molecule has 3 aliphatic rings. The van der Waals surface area contributed by atoms with Crippen LogP contribution in [0.25, 0.3) is 10.9 Å². The summed E-state index contributed by atoms with van der Waals surface area (Å²) in [6, 6.07) is 7.26. The minimum absolute atomic E-state index is 0.107. The van der Waals surface area contributed by atoms with Crippen LogP contribution in [0.3, 0.4) is 0 Å². The number of amides is 1. The van der Waals surface area contributed by atoms with Gasteiger partial charge in [-0.25, -0.2) is 4.98 Å². The molecule has 3 aromatic rings. The van der Waals surface area contributed by atoms with Crippen molar-refractivity contribution >= 4 is 45.9 Å². The number of nitrogens with zero attached hydrogens (tertiary/aromatic N) is 5. The number of ether oxygens (including phenoxy) is 1. The average Bonchev–Trinajstić information content (AvgIpc) is 2.92. The van der Waals surface area contributed by atoms with Gasteiger partial charge >= 0.3 is 0 Å². The maximum atomic E-state index is 12.7. The normalized spacial score (nSPS) is 18.8. The predicted octanol–water partition coefficient (Wildman–Crippen LogP) is 1.97. The molecule has 212 valence electrons. The van der Waals surface area contributed by atoms with E-state index in [0.29, 0.717) is 28.1 Å². The van der Waals surface area contributed by atoms with Crippen LogP contribution in [-0.4, -0.2) is 84.8 Å². The topological polar surface area (TPSA) is 117 Å². The van der Waals surface area contributed by atoms with Gasteiger partial charge in [-0.05, 0) is 43.0 Å². The molecule has 0 aliphatic carbocycles. The van der Waals surface area contributed by atoms with Crippen LogP contribution in [0.2, 0.25) is 5.02 Å². The molecular formula is C28H35ClN8O3. The number of aryl methyl sites for hydroxylation is 1. The highest BCUT2D eigenvalue weighted by Gasteiger charge is 2.47. The molecule has 0 saturated carbocycles. The Morgan fingerprint density at radius 3 is 2.70 bits per heavy atom. The first kappa shape index (κ1) is 26.8. The number of pyridine rings is 1. The number of benzene rings is 1. The fraction of sp³-hybridized carbons (Fsp3) is 0.500. The summed E-state index contributed by atoms with van der Waals surface area (Å²) in [6.07, 6.45) is 3.90. The van der Waals surface area contributed by atoms with Crippen LogP contribution in [-0.2, 0) is 11.8 Å². The van der Waals surface area contributed by atoms with Crippen LogP contribution in [0.5, 0.6) is 5.75 Å². The van der Waals surface area contributed by atoms with Crippen molar-refractivity contribution < 1.29 is 9.53 Å². The van der Waals surface area contributed by atoms with E-state index in [1.54, 1.807) is 19.3 Å². The van der Waals surface area contributed by atoms with Crippen molar-refractivity contribution in [2.75, 3.05) is 69.7 Å². The van der Waals surface area contributed by atoms with Gasteiger partial charge in [0, 0.05) is 76.4 Å². The largest absolute Gasteiger partial charge is 0.478 e. The second kappa shape index (κ2) is 10.9. The van der Waals surface area contributed by atoms with E-state index in [4.69, 9.17) is 21.3 Å². The lowest BCUT2D eigenvalue weighted by molar-refractivity contribution is -0.122. The predicted molar refractivity (Wildman–Crippen MR) is 156 cm³/mol. The van der Waals surface area contributed by atoms with Crippen molar-refractivity contribution in [2.24, 2.45) is 18.4 Å². The number of piperidine rings is 1. The van der Waals surface area contributed by atoms with Gasteiger partial charge in [0.25, 0.3) is 11.5 Å². The van der Waals surface area contributed by atoms with Crippen molar-refractivity contribution in [2.45, 2.75) is 12.8 Å². The van der Waals surface area contributed by atoms with E-state index in [0.717, 1.165) is 42.5 Å². The van der Waals surface area contributed by atoms with Crippen molar-refractivity contribution in [1.29, 1.82) is 0 Å². The van der Waals surface area contributed by atoms with E-state index < -0.39 is 0 Å². The van der Waals surface area contributed by atoms with Crippen LogP contribution in [0.15, 0.2) is 35.3 Å². The first-order chi connectivity index (χ1) is 19.3. The van der Waals surface area contributed by atoms with Crippen molar-refractivity contribution in [3.8, 4) is 5.75 Å². The molecule has 1 aromatic carbocycles. The van der Waals surface area contributed by atoms with Gasteiger partial charge < -0.3 is 35.1 Å². The zero-order chi connectivity index (χ0) is 27.9. The van der Waals surface area contributed by atoms with Gasteiger partial charge in [-0.15, -0.1) is 0 Å². The summed E-state index contributed by atoms with van der Waals surface area (Å²) in [7, 11) is 3.19. The Morgan fingerprint density at radius 1 is 1.23 bits per heavy atom. The summed E-state index contributed by atoms with van der Waals surface area (Å²) >= 11 is 6.48. The highest BCUT2D eigenvalue weighted by Crippen LogP contribution is 2.36. The molecule has 6 rings (SSSR count). The smallest absolute Gasteiger partial charge is 0.293 e. The first-order valence-electron chi connectivity index (χ1n) is 13.8. The van der Waals surface area contributed by atoms with Crippen LogP contribution in [0.4, 0.5) is 17.5 Å². The number of anilines is 3. The highest BCUT2D eigenvalue weighted by atomic mass is 35.5. The zero-order valence-corrected chi connectivity index (χ0v) is 23.6. The summed E-state index contributed by atoms with van der Waals surface area (Å²) in [5.74, 6) is 1.70. The number of halogens is 1. The number of fused-ring (bicyclic) bond motifs is 1. The second-order valence-corrected chi connectivity index (χ2v) is 11.7. The fourth-order valence-electron chi connectivity index (χ4n) is 6.00. The Kier molecular flexibility index (Phi) is 7.28. The van der Waals surface area contributed by atoms with Gasteiger partial charge in [0.15, 0.2) is 18.2 Å². The molecule has 2 aromatic heterocycles. The lowest BCUT2D eigenvalue weighted by Crippen LogP contribution is -2.71. The van der Waals surface area contributed by atoms with Gasteiger partial charge in [0.2, 0.25) is 5.95 Å². The monoisotopic (exact) mass is 566 g/mol. The Balaban J connectivity index is 1.12. The lowest BCUT2D eigenvalue weighted by atomic mass is 9.74. The molecule has 3 fully saturated rings. The van der Waals surface area contributed by atoms with E-state index in [-0.39, 0.29) is 23.8 Å². The molecule has 1 spiro atoms. The maximum absolute atomic E-state index is 12.7. The van der Waals surface area contributed by atoms with Gasteiger partial charge in [-0.3, -0.25) is 9.59 Å². The average molecular weight is 567 g/mol. The maximum Gasteiger partial charge on any atom is 0.293 e. The van der Waals surface area contributed by atoms with E-state index in [1.165, 1.54) is 44.3 Å². The third-order valence-electron chi connectivity index (χ3n) is 8.35. The molecule has 0 atom stereocenters. The Hall–Kier alpha value is -3.41. The molecule has 0 unspecified atom stereocenters. The van der Waals surface area contributed by atoms with Crippen LogP contribution in [0.1, 0.15) is 12.8 Å². The molecule has 0 bridgehead atoms. The van der Waals surface area contributed by atoms with Gasteiger partial charge in [0.05, 0.1) is 11.7 Å². The minimum atomic E-state index is -0.313. The van der Waals surface area contributed by atoms with Crippen LogP contribution < -0.4 is 31.1 Å². The number of rotatable bonds is 8. The first-order valence-corrected chi connectivity index (χ1v) is 14.1. The molecule has 0 radical (unpaired) electrons. The molecule has 3 N–H and O–H groups in total. The highest BCUT2D eigenvalue weighted by molar-refractivity contribution is 6.32. The number of carbonyl (C=O) groups excluding carboxylic acids is 1. The molecule has 40 heavy (non-hydrogen) atoms. The van der Waals surface area contributed by atoms with E-state index in [2.05, 4.69) is 30.7 Å². The van der Waals surface area contributed by atoms with E-state index in [1.807, 2.05) is 18.2 Å².